The molecule has 3 rings (SSSR count). The van der Waals surface area contributed by atoms with Crippen LogP contribution < -0.4 is 0 Å². The Labute approximate surface area is 112 Å². The molecule has 0 N–H and O–H groups in total. The number of ether oxygens (including phenoxy) is 1. The number of nitrogens with zero attached hydrogens (tertiary/aromatic N) is 1. The SMILES string of the molecule is O=C(c1cccc(F)c1)N1CCC(OCC2CC2)C1. The molecule has 0 spiro atoms. The topological polar surface area (TPSA) is 29.5 Å². The van der Waals surface area contributed by atoms with Gasteiger partial charge in [0, 0.05) is 25.3 Å². The second-order valence-electron chi connectivity index (χ2n) is 5.45. The third-order valence-corrected chi connectivity index (χ3v) is 3.77. The molecule has 3 nitrogen and oxygen atoms in total. The average Bonchev–Trinajstić information content (AvgIpc) is 3.13. The molecule has 1 aromatic rings. The van der Waals surface area contributed by atoms with Gasteiger partial charge >= 0.3 is 0 Å². The van der Waals surface area contributed by atoms with E-state index in [1.54, 1.807) is 17.0 Å². The largest absolute Gasteiger partial charge is 0.376 e. The maximum atomic E-state index is 13.1. The van der Waals surface area contributed by atoms with Crippen molar-refractivity contribution >= 4 is 5.91 Å². The first kappa shape index (κ1) is 12.6. The number of halogens is 1. The molecule has 19 heavy (non-hydrogen) atoms. The van der Waals surface area contributed by atoms with E-state index < -0.39 is 0 Å². The van der Waals surface area contributed by atoms with Crippen LogP contribution in [0.2, 0.25) is 0 Å². The lowest BCUT2D eigenvalue weighted by Gasteiger charge is -2.16. The van der Waals surface area contributed by atoms with E-state index in [1.807, 2.05) is 0 Å². The summed E-state index contributed by atoms with van der Waals surface area (Å²) in [7, 11) is 0. The summed E-state index contributed by atoms with van der Waals surface area (Å²) in [4.78, 5) is 14.0. The zero-order valence-electron chi connectivity index (χ0n) is 10.8. The lowest BCUT2D eigenvalue weighted by molar-refractivity contribution is 0.0480. The molecule has 1 heterocycles. The van der Waals surface area contributed by atoms with Crippen LogP contribution in [0.1, 0.15) is 29.6 Å². The van der Waals surface area contributed by atoms with Crippen LogP contribution in [0.3, 0.4) is 0 Å². The van der Waals surface area contributed by atoms with E-state index in [-0.39, 0.29) is 17.8 Å². The second kappa shape index (κ2) is 5.29. The van der Waals surface area contributed by atoms with Crippen molar-refractivity contribution in [2.24, 2.45) is 5.92 Å². The van der Waals surface area contributed by atoms with Crippen LogP contribution in [0.5, 0.6) is 0 Å². The number of hydrogen-bond donors (Lipinski definition) is 0. The molecule has 1 unspecified atom stereocenters. The van der Waals surface area contributed by atoms with Gasteiger partial charge in [0.15, 0.2) is 0 Å². The summed E-state index contributed by atoms with van der Waals surface area (Å²) in [5, 5.41) is 0. The summed E-state index contributed by atoms with van der Waals surface area (Å²) in [5.74, 6) is 0.275. The normalized spacial score (nSPS) is 22.8. The molecule has 2 aliphatic rings. The van der Waals surface area contributed by atoms with Gasteiger partial charge in [-0.1, -0.05) is 6.07 Å². The van der Waals surface area contributed by atoms with Crippen LogP contribution in [0, 0.1) is 11.7 Å². The van der Waals surface area contributed by atoms with Crippen molar-refractivity contribution in [3.8, 4) is 0 Å². The van der Waals surface area contributed by atoms with Gasteiger partial charge in [-0.15, -0.1) is 0 Å². The zero-order chi connectivity index (χ0) is 13.2. The van der Waals surface area contributed by atoms with Crippen molar-refractivity contribution in [2.45, 2.75) is 25.4 Å². The van der Waals surface area contributed by atoms with E-state index in [2.05, 4.69) is 0 Å². The van der Waals surface area contributed by atoms with Gasteiger partial charge in [-0.3, -0.25) is 4.79 Å². The average molecular weight is 263 g/mol. The van der Waals surface area contributed by atoms with Gasteiger partial charge in [0.2, 0.25) is 0 Å². The highest BCUT2D eigenvalue weighted by Crippen LogP contribution is 2.30. The summed E-state index contributed by atoms with van der Waals surface area (Å²) in [6, 6.07) is 5.87. The molecule has 1 atom stereocenters. The fourth-order valence-corrected chi connectivity index (χ4v) is 2.41. The Morgan fingerprint density at radius 1 is 1.37 bits per heavy atom. The molecular weight excluding hydrogens is 245 g/mol. The second-order valence-corrected chi connectivity index (χ2v) is 5.45. The van der Waals surface area contributed by atoms with Crippen molar-refractivity contribution in [2.75, 3.05) is 19.7 Å². The van der Waals surface area contributed by atoms with Crippen LogP contribution in [-0.2, 0) is 4.74 Å². The standard InChI is InChI=1S/C15H18FNO2/c16-13-3-1-2-12(8-13)15(18)17-7-6-14(9-17)19-10-11-4-5-11/h1-3,8,11,14H,4-7,9-10H2. The summed E-state index contributed by atoms with van der Waals surface area (Å²) in [6.07, 6.45) is 3.59. The first-order valence-corrected chi connectivity index (χ1v) is 6.89. The van der Waals surface area contributed by atoms with Gasteiger partial charge in [0.05, 0.1) is 6.10 Å². The van der Waals surface area contributed by atoms with Crippen LogP contribution in [0.4, 0.5) is 4.39 Å². The quantitative estimate of drug-likeness (QED) is 0.835. The fourth-order valence-electron chi connectivity index (χ4n) is 2.41. The van der Waals surface area contributed by atoms with Crippen molar-refractivity contribution in [3.63, 3.8) is 0 Å². The van der Waals surface area contributed by atoms with Gasteiger partial charge < -0.3 is 9.64 Å². The van der Waals surface area contributed by atoms with Crippen molar-refractivity contribution in [1.29, 1.82) is 0 Å². The first-order chi connectivity index (χ1) is 9.22. The molecular formula is C15H18FNO2. The maximum absolute atomic E-state index is 13.1. The first-order valence-electron chi connectivity index (χ1n) is 6.89. The van der Waals surface area contributed by atoms with Crippen LogP contribution in [0.25, 0.3) is 0 Å². The Kier molecular flexibility index (Phi) is 3.51. The van der Waals surface area contributed by atoms with E-state index in [4.69, 9.17) is 4.74 Å². The summed E-state index contributed by atoms with van der Waals surface area (Å²) < 4.78 is 18.9. The Balaban J connectivity index is 1.56. The number of amides is 1. The van der Waals surface area contributed by atoms with Gasteiger partial charge in [-0.25, -0.2) is 4.39 Å². The molecule has 0 bridgehead atoms. The smallest absolute Gasteiger partial charge is 0.254 e. The summed E-state index contributed by atoms with van der Waals surface area (Å²) in [6.45, 7) is 2.15. The maximum Gasteiger partial charge on any atom is 0.254 e. The molecule has 1 aliphatic carbocycles. The zero-order valence-corrected chi connectivity index (χ0v) is 10.8. The highest BCUT2D eigenvalue weighted by Gasteiger charge is 2.29. The number of benzene rings is 1. The Morgan fingerprint density at radius 3 is 2.95 bits per heavy atom. The summed E-state index contributed by atoms with van der Waals surface area (Å²) >= 11 is 0. The van der Waals surface area contributed by atoms with Gasteiger partial charge in [-0.2, -0.15) is 0 Å². The van der Waals surface area contributed by atoms with Gasteiger partial charge in [-0.05, 0) is 43.4 Å². The predicted octanol–water partition coefficient (Wildman–Crippen LogP) is 2.47. The molecule has 1 saturated heterocycles. The molecule has 1 amide bonds. The number of hydrogen-bond acceptors (Lipinski definition) is 2. The molecule has 0 aromatic heterocycles. The van der Waals surface area contributed by atoms with E-state index in [0.29, 0.717) is 18.7 Å². The van der Waals surface area contributed by atoms with Crippen LogP contribution >= 0.6 is 0 Å². The molecule has 102 valence electrons. The predicted molar refractivity (Wildman–Crippen MR) is 69.4 cm³/mol. The Morgan fingerprint density at radius 2 is 2.21 bits per heavy atom. The highest BCUT2D eigenvalue weighted by atomic mass is 19.1. The van der Waals surface area contributed by atoms with Crippen molar-refractivity contribution in [1.82, 2.24) is 4.90 Å². The van der Waals surface area contributed by atoms with E-state index in [1.165, 1.54) is 25.0 Å². The van der Waals surface area contributed by atoms with Crippen LogP contribution in [0.15, 0.2) is 24.3 Å². The van der Waals surface area contributed by atoms with Crippen molar-refractivity contribution in [3.05, 3.63) is 35.6 Å². The third kappa shape index (κ3) is 3.13. The number of rotatable bonds is 4. The monoisotopic (exact) mass is 263 g/mol. The van der Waals surface area contributed by atoms with E-state index >= 15 is 0 Å². The minimum Gasteiger partial charge on any atom is -0.376 e. The summed E-state index contributed by atoms with van der Waals surface area (Å²) in [5.41, 5.74) is 0.419. The Hall–Kier alpha value is -1.42. The minimum absolute atomic E-state index is 0.1000. The number of likely N-dealkylation sites (tertiary alicyclic amines) is 1. The number of carbonyl (C=O) groups excluding carboxylic acids is 1. The number of carbonyl (C=O) groups is 1. The fraction of sp³-hybridized carbons (Fsp3) is 0.533. The molecule has 2 fully saturated rings. The molecule has 0 radical (unpaired) electrons. The lowest BCUT2D eigenvalue weighted by Crippen LogP contribution is -2.30. The van der Waals surface area contributed by atoms with Crippen LogP contribution in [-0.4, -0.2) is 36.6 Å². The minimum atomic E-state index is -0.369. The molecule has 1 saturated carbocycles. The van der Waals surface area contributed by atoms with Gasteiger partial charge in [0.25, 0.3) is 5.91 Å². The molecule has 4 heteroatoms. The van der Waals surface area contributed by atoms with E-state index in [9.17, 15) is 9.18 Å². The molecule has 1 aliphatic heterocycles. The third-order valence-electron chi connectivity index (χ3n) is 3.77. The van der Waals surface area contributed by atoms with Crippen molar-refractivity contribution < 1.29 is 13.9 Å². The Bertz CT molecular complexity index is 473. The van der Waals surface area contributed by atoms with E-state index in [0.717, 1.165) is 18.9 Å². The lowest BCUT2D eigenvalue weighted by atomic mass is 10.2. The molecule has 1 aromatic carbocycles. The highest BCUT2D eigenvalue weighted by molar-refractivity contribution is 5.94. The van der Waals surface area contributed by atoms with Gasteiger partial charge in [0.1, 0.15) is 5.82 Å².